The first-order valence-corrected chi connectivity index (χ1v) is 19.0. The molecular weight excluding hydrogens is 704 g/mol. The lowest BCUT2D eigenvalue weighted by Crippen LogP contribution is -2.44. The van der Waals surface area contributed by atoms with E-state index in [1.165, 1.54) is 0 Å². The molecule has 55 heavy (non-hydrogen) atoms. The van der Waals surface area contributed by atoms with Crippen LogP contribution in [0.2, 0.25) is 0 Å². The summed E-state index contributed by atoms with van der Waals surface area (Å²) in [7, 11) is 8.19. The van der Waals surface area contributed by atoms with Crippen LogP contribution >= 0.6 is 0 Å². The van der Waals surface area contributed by atoms with Crippen LogP contribution in [-0.4, -0.2) is 88.9 Å². The number of amides is 1. The summed E-state index contributed by atoms with van der Waals surface area (Å²) < 4.78 is 36.1. The minimum Gasteiger partial charge on any atom is -0.493 e. The molecule has 1 amide bonds. The number of carbonyl (C=O) groups excluding carboxylic acids is 1. The number of fused-ring (bicyclic) bond motifs is 1. The highest BCUT2D eigenvalue weighted by atomic mass is 16.6. The second-order valence-electron chi connectivity index (χ2n) is 15.2. The number of ether oxygens (including phenoxy) is 6. The van der Waals surface area contributed by atoms with E-state index in [9.17, 15) is 9.90 Å². The SMILES string of the molecule is CCC[C@H](C)Oc1nc(N(Cc2ccc(OC)c(OC)c2)Cc2ccc(OC)c(OC)c2)c2ncc(C(O)C3CCC(OC(=O)N(C)C(C)(C)C)CC3)n2n1. The van der Waals surface area contributed by atoms with E-state index in [0.29, 0.717) is 78.9 Å². The summed E-state index contributed by atoms with van der Waals surface area (Å²) >= 11 is 0. The van der Waals surface area contributed by atoms with Crippen LogP contribution in [0.1, 0.15) is 96.1 Å². The van der Waals surface area contributed by atoms with Crippen molar-refractivity contribution in [1.29, 1.82) is 0 Å². The highest BCUT2D eigenvalue weighted by Crippen LogP contribution is 2.38. The van der Waals surface area contributed by atoms with Gasteiger partial charge in [0, 0.05) is 25.7 Å². The zero-order valence-electron chi connectivity index (χ0n) is 34.0. The topological polar surface area (TPSA) is 142 Å². The summed E-state index contributed by atoms with van der Waals surface area (Å²) in [5, 5.41) is 16.7. The van der Waals surface area contributed by atoms with Gasteiger partial charge in [-0.2, -0.15) is 4.98 Å². The van der Waals surface area contributed by atoms with E-state index in [0.717, 1.165) is 24.0 Å². The number of rotatable bonds is 16. The number of aliphatic hydroxyl groups excluding tert-OH is 1. The highest BCUT2D eigenvalue weighted by Gasteiger charge is 2.34. The van der Waals surface area contributed by atoms with Crippen molar-refractivity contribution in [2.24, 2.45) is 5.92 Å². The van der Waals surface area contributed by atoms with E-state index >= 15 is 0 Å². The molecule has 1 fully saturated rings. The maximum atomic E-state index is 12.8. The predicted molar refractivity (Wildman–Crippen MR) is 209 cm³/mol. The first kappa shape index (κ1) is 41.2. The van der Waals surface area contributed by atoms with E-state index in [2.05, 4.69) is 11.8 Å². The van der Waals surface area contributed by atoms with Crippen molar-refractivity contribution < 1.29 is 38.3 Å². The summed E-state index contributed by atoms with van der Waals surface area (Å²) in [5.74, 6) is 2.89. The summed E-state index contributed by atoms with van der Waals surface area (Å²) in [6.45, 7) is 10.8. The van der Waals surface area contributed by atoms with Crippen molar-refractivity contribution in [3.05, 3.63) is 59.4 Å². The van der Waals surface area contributed by atoms with Gasteiger partial charge in [0.1, 0.15) is 12.2 Å². The van der Waals surface area contributed by atoms with E-state index < -0.39 is 6.10 Å². The van der Waals surface area contributed by atoms with Crippen LogP contribution in [-0.2, 0) is 17.8 Å². The summed E-state index contributed by atoms with van der Waals surface area (Å²) in [6.07, 6.45) is 4.49. The second kappa shape index (κ2) is 18.1. The highest BCUT2D eigenvalue weighted by molar-refractivity contribution is 5.68. The largest absolute Gasteiger partial charge is 0.493 e. The molecule has 2 aromatic carbocycles. The molecule has 2 heterocycles. The predicted octanol–water partition coefficient (Wildman–Crippen LogP) is 7.39. The van der Waals surface area contributed by atoms with Crippen molar-refractivity contribution in [3.63, 3.8) is 0 Å². The molecule has 1 saturated carbocycles. The third-order valence-electron chi connectivity index (χ3n) is 10.3. The van der Waals surface area contributed by atoms with Crippen molar-refractivity contribution in [3.8, 4) is 29.0 Å². The lowest BCUT2D eigenvalue weighted by Gasteiger charge is -2.35. The van der Waals surface area contributed by atoms with Crippen molar-refractivity contribution in [1.82, 2.24) is 24.5 Å². The van der Waals surface area contributed by atoms with Gasteiger partial charge in [0.15, 0.2) is 34.5 Å². The standard InChI is InChI=1S/C41H58N6O8/c1-11-12-26(2)54-39-43-38(46(24-27-13-19-32(50-7)34(21-27)52-9)25-28-14-20-33(51-8)35(22-28)53-10)37-42-23-31(47(37)44-39)36(48)29-15-17-30(18-16-29)55-40(49)45(6)41(3,4)5/h13-14,19-23,26,29-30,36,48H,11-12,15-18,24-25H2,1-10H3/t26-,29?,30?,36?/m0/s1. The van der Waals surface area contributed by atoms with Crippen LogP contribution in [0.25, 0.3) is 5.65 Å². The molecule has 1 aliphatic carbocycles. The molecule has 1 unspecified atom stereocenters. The van der Waals surface area contributed by atoms with Crippen LogP contribution < -0.4 is 28.6 Å². The number of aromatic nitrogens is 4. The van der Waals surface area contributed by atoms with Crippen molar-refractivity contribution in [2.75, 3.05) is 40.4 Å². The molecule has 0 spiro atoms. The van der Waals surface area contributed by atoms with Crippen LogP contribution in [0, 0.1) is 5.92 Å². The van der Waals surface area contributed by atoms with E-state index in [1.807, 2.05) is 64.1 Å². The lowest BCUT2D eigenvalue weighted by molar-refractivity contribution is 0.00582. The Labute approximate surface area is 324 Å². The molecule has 14 nitrogen and oxygen atoms in total. The minimum atomic E-state index is -0.877. The molecule has 0 bridgehead atoms. The van der Waals surface area contributed by atoms with Crippen LogP contribution in [0.4, 0.5) is 10.6 Å². The first-order chi connectivity index (χ1) is 26.3. The summed E-state index contributed by atoms with van der Waals surface area (Å²) in [6, 6.07) is 11.8. The molecule has 300 valence electrons. The Kier molecular flexibility index (Phi) is 13.6. The molecule has 0 saturated heterocycles. The maximum Gasteiger partial charge on any atom is 0.410 e. The Bertz CT molecular complexity index is 1830. The first-order valence-electron chi connectivity index (χ1n) is 19.0. The normalized spacial score (nSPS) is 16.9. The number of benzene rings is 2. The summed E-state index contributed by atoms with van der Waals surface area (Å²) in [5.41, 5.74) is 2.54. The number of anilines is 1. The molecule has 4 aromatic rings. The monoisotopic (exact) mass is 762 g/mol. The van der Waals surface area contributed by atoms with Gasteiger partial charge in [-0.3, -0.25) is 0 Å². The fraction of sp³-hybridized carbons (Fsp3) is 0.561. The Morgan fingerprint density at radius 3 is 1.98 bits per heavy atom. The number of hydrogen-bond acceptors (Lipinski definition) is 12. The van der Waals surface area contributed by atoms with E-state index in [4.69, 9.17) is 43.5 Å². The molecular formula is C41H58N6O8. The quantitative estimate of drug-likeness (QED) is 0.122. The van der Waals surface area contributed by atoms with Gasteiger partial charge in [-0.1, -0.05) is 25.5 Å². The zero-order chi connectivity index (χ0) is 39.9. The average Bonchev–Trinajstić information content (AvgIpc) is 3.60. The zero-order valence-corrected chi connectivity index (χ0v) is 34.0. The number of aliphatic hydroxyl groups is 1. The fourth-order valence-electron chi connectivity index (χ4n) is 6.84. The molecule has 1 N–H and O–H groups in total. The van der Waals surface area contributed by atoms with Gasteiger partial charge < -0.3 is 43.3 Å². The molecule has 14 heteroatoms. The molecule has 2 aromatic heterocycles. The van der Waals surface area contributed by atoms with Crippen LogP contribution in [0.15, 0.2) is 42.6 Å². The van der Waals surface area contributed by atoms with Gasteiger partial charge >= 0.3 is 12.1 Å². The average molecular weight is 763 g/mol. The molecule has 1 aliphatic rings. The number of nitrogens with zero attached hydrogens (tertiary/aromatic N) is 6. The molecule has 5 rings (SSSR count). The van der Waals surface area contributed by atoms with Gasteiger partial charge in [0.05, 0.1) is 46.4 Å². The second-order valence-corrected chi connectivity index (χ2v) is 15.2. The third kappa shape index (κ3) is 9.83. The van der Waals surface area contributed by atoms with Gasteiger partial charge in [-0.25, -0.2) is 14.3 Å². The Hall–Kier alpha value is -4.98. The van der Waals surface area contributed by atoms with Crippen molar-refractivity contribution >= 4 is 17.6 Å². The van der Waals surface area contributed by atoms with Crippen LogP contribution in [0.3, 0.4) is 0 Å². The van der Waals surface area contributed by atoms with Crippen LogP contribution in [0.5, 0.6) is 29.0 Å². The van der Waals surface area contributed by atoms with Gasteiger partial charge in [-0.15, -0.1) is 5.10 Å². The van der Waals surface area contributed by atoms with Gasteiger partial charge in [0.25, 0.3) is 0 Å². The van der Waals surface area contributed by atoms with Gasteiger partial charge in [0.2, 0.25) is 0 Å². The van der Waals surface area contributed by atoms with Crippen molar-refractivity contribution in [2.45, 2.75) is 110 Å². The smallest absolute Gasteiger partial charge is 0.410 e. The number of carbonyl (C=O) groups is 1. The Morgan fingerprint density at radius 1 is 0.909 bits per heavy atom. The molecule has 0 radical (unpaired) electrons. The fourth-order valence-corrected chi connectivity index (χ4v) is 6.84. The Morgan fingerprint density at radius 2 is 1.47 bits per heavy atom. The molecule has 0 aliphatic heterocycles. The minimum absolute atomic E-state index is 0.0911. The third-order valence-corrected chi connectivity index (χ3v) is 10.3. The maximum absolute atomic E-state index is 12.8. The van der Waals surface area contributed by atoms with Gasteiger partial charge in [-0.05, 0) is 101 Å². The lowest BCUT2D eigenvalue weighted by atomic mass is 9.83. The molecule has 2 atom stereocenters. The number of methoxy groups -OCH3 is 4. The Balaban J connectivity index is 1.52. The summed E-state index contributed by atoms with van der Waals surface area (Å²) in [4.78, 5) is 26.3. The van der Waals surface area contributed by atoms with E-state index in [-0.39, 0.29) is 35.8 Å². The number of imidazole rings is 1. The van der Waals surface area contributed by atoms with E-state index in [1.54, 1.807) is 51.1 Å². The number of hydrogen-bond donors (Lipinski definition) is 1.